The number of hydrogen-bond acceptors (Lipinski definition) is 6. The summed E-state index contributed by atoms with van der Waals surface area (Å²) in [6.07, 6.45) is 2.94. The summed E-state index contributed by atoms with van der Waals surface area (Å²) in [4.78, 5) is 5.87. The molecule has 0 radical (unpaired) electrons. The van der Waals surface area contributed by atoms with Gasteiger partial charge in [0, 0.05) is 17.0 Å². The second kappa shape index (κ2) is 6.87. The van der Waals surface area contributed by atoms with E-state index < -0.39 is 0 Å². The SMILES string of the molecule is CCCCc1noc(C(C)n2nnc(-c3ccc(Cl)cc3)n2)n1. The van der Waals surface area contributed by atoms with Crippen LogP contribution in [0.15, 0.2) is 28.8 Å². The lowest BCUT2D eigenvalue weighted by atomic mass is 10.2. The Bertz CT molecular complexity index is 766. The molecule has 1 aromatic carbocycles. The molecule has 2 aromatic heterocycles. The topological polar surface area (TPSA) is 82.5 Å². The molecule has 0 saturated heterocycles. The highest BCUT2D eigenvalue weighted by molar-refractivity contribution is 6.30. The zero-order chi connectivity index (χ0) is 16.2. The maximum Gasteiger partial charge on any atom is 0.253 e. The smallest absolute Gasteiger partial charge is 0.253 e. The van der Waals surface area contributed by atoms with Gasteiger partial charge in [0.1, 0.15) is 6.04 Å². The Balaban J connectivity index is 1.76. The van der Waals surface area contributed by atoms with Gasteiger partial charge in [-0.2, -0.15) is 9.78 Å². The van der Waals surface area contributed by atoms with E-state index in [1.165, 1.54) is 4.80 Å². The molecule has 0 aliphatic rings. The summed E-state index contributed by atoms with van der Waals surface area (Å²) < 4.78 is 5.30. The molecule has 23 heavy (non-hydrogen) atoms. The molecule has 0 amide bonds. The van der Waals surface area contributed by atoms with E-state index >= 15 is 0 Å². The van der Waals surface area contributed by atoms with Crippen molar-refractivity contribution < 1.29 is 4.52 Å². The molecule has 1 atom stereocenters. The van der Waals surface area contributed by atoms with Gasteiger partial charge in [-0.1, -0.05) is 30.1 Å². The monoisotopic (exact) mass is 332 g/mol. The van der Waals surface area contributed by atoms with Crippen LogP contribution in [0.1, 0.15) is 44.4 Å². The van der Waals surface area contributed by atoms with Crippen LogP contribution in [0.3, 0.4) is 0 Å². The predicted molar refractivity (Wildman–Crippen MR) is 85.0 cm³/mol. The summed E-state index contributed by atoms with van der Waals surface area (Å²) in [6.45, 7) is 4.02. The Morgan fingerprint density at radius 3 is 2.78 bits per heavy atom. The first-order valence-corrected chi connectivity index (χ1v) is 7.93. The molecule has 0 aliphatic carbocycles. The fourth-order valence-corrected chi connectivity index (χ4v) is 2.20. The van der Waals surface area contributed by atoms with E-state index in [0.717, 1.165) is 24.8 Å². The standard InChI is InChI=1S/C15H17ClN6O/c1-3-4-5-13-17-15(23-20-13)10(2)22-19-14(18-21-22)11-6-8-12(16)9-7-11/h6-10H,3-5H2,1-2H3. The molecule has 2 heterocycles. The van der Waals surface area contributed by atoms with Crippen LogP contribution in [0.25, 0.3) is 11.4 Å². The Morgan fingerprint density at radius 2 is 2.04 bits per heavy atom. The molecule has 0 fully saturated rings. The number of hydrogen-bond donors (Lipinski definition) is 0. The highest BCUT2D eigenvalue weighted by Crippen LogP contribution is 2.19. The van der Waals surface area contributed by atoms with Crippen molar-refractivity contribution in [2.45, 2.75) is 39.2 Å². The lowest BCUT2D eigenvalue weighted by Crippen LogP contribution is -2.11. The molecule has 0 aliphatic heterocycles. The largest absolute Gasteiger partial charge is 0.337 e. The summed E-state index contributed by atoms with van der Waals surface area (Å²) >= 11 is 5.88. The number of benzene rings is 1. The Hall–Kier alpha value is -2.28. The summed E-state index contributed by atoms with van der Waals surface area (Å²) in [6, 6.07) is 7.01. The van der Waals surface area contributed by atoms with Gasteiger partial charge in [0.05, 0.1) is 0 Å². The molecule has 0 spiro atoms. The second-order valence-corrected chi connectivity index (χ2v) is 5.71. The van der Waals surface area contributed by atoms with E-state index in [2.05, 4.69) is 32.5 Å². The molecule has 1 unspecified atom stereocenters. The van der Waals surface area contributed by atoms with Crippen LogP contribution < -0.4 is 0 Å². The van der Waals surface area contributed by atoms with E-state index in [0.29, 0.717) is 22.6 Å². The third kappa shape index (κ3) is 3.56. The Labute approximate surface area is 138 Å². The Kier molecular flexibility index (Phi) is 4.66. The van der Waals surface area contributed by atoms with Gasteiger partial charge in [0.2, 0.25) is 5.82 Å². The van der Waals surface area contributed by atoms with Crippen LogP contribution in [-0.2, 0) is 6.42 Å². The third-order valence-corrected chi connectivity index (χ3v) is 3.72. The van der Waals surface area contributed by atoms with Gasteiger partial charge < -0.3 is 4.52 Å². The second-order valence-electron chi connectivity index (χ2n) is 5.27. The normalized spacial score (nSPS) is 12.5. The summed E-state index contributed by atoms with van der Waals surface area (Å²) in [5.74, 6) is 1.72. The maximum absolute atomic E-state index is 5.88. The fourth-order valence-electron chi connectivity index (χ4n) is 2.08. The van der Waals surface area contributed by atoms with E-state index in [9.17, 15) is 0 Å². The molecule has 0 N–H and O–H groups in total. The molecule has 3 rings (SSSR count). The number of aryl methyl sites for hydroxylation is 1. The number of halogens is 1. The summed E-state index contributed by atoms with van der Waals surface area (Å²) in [5, 5.41) is 17.2. The molecule has 3 aromatic rings. The zero-order valence-corrected chi connectivity index (χ0v) is 13.7. The lowest BCUT2D eigenvalue weighted by Gasteiger charge is -2.02. The number of rotatable bonds is 6. The van der Waals surface area contributed by atoms with Gasteiger partial charge in [-0.05, 0) is 42.8 Å². The van der Waals surface area contributed by atoms with Crippen LogP contribution in [0.5, 0.6) is 0 Å². The molecule has 8 heteroatoms. The van der Waals surface area contributed by atoms with Gasteiger partial charge >= 0.3 is 0 Å². The van der Waals surface area contributed by atoms with Crippen molar-refractivity contribution >= 4 is 11.6 Å². The minimum absolute atomic E-state index is 0.272. The Morgan fingerprint density at radius 1 is 1.26 bits per heavy atom. The average Bonchev–Trinajstić information content (AvgIpc) is 3.22. The van der Waals surface area contributed by atoms with Crippen LogP contribution in [0.2, 0.25) is 5.02 Å². The van der Waals surface area contributed by atoms with Crippen molar-refractivity contribution in [2.24, 2.45) is 0 Å². The number of unbranched alkanes of at least 4 members (excludes halogenated alkanes) is 1. The maximum atomic E-state index is 5.88. The van der Waals surface area contributed by atoms with Crippen LogP contribution in [0.4, 0.5) is 0 Å². The van der Waals surface area contributed by atoms with Crippen LogP contribution in [0, 0.1) is 0 Å². The van der Waals surface area contributed by atoms with E-state index in [4.69, 9.17) is 16.1 Å². The molecule has 0 saturated carbocycles. The van der Waals surface area contributed by atoms with Gasteiger partial charge in [0.25, 0.3) is 5.89 Å². The first kappa shape index (κ1) is 15.6. The highest BCUT2D eigenvalue weighted by atomic mass is 35.5. The average molecular weight is 333 g/mol. The molecule has 120 valence electrons. The first-order valence-electron chi connectivity index (χ1n) is 7.55. The number of nitrogens with zero attached hydrogens (tertiary/aromatic N) is 6. The summed E-state index contributed by atoms with van der Waals surface area (Å²) in [7, 11) is 0. The predicted octanol–water partition coefficient (Wildman–Crippen LogP) is 3.33. The van der Waals surface area contributed by atoms with E-state index in [1.807, 2.05) is 19.1 Å². The minimum atomic E-state index is -0.272. The van der Waals surface area contributed by atoms with Crippen molar-refractivity contribution in [3.8, 4) is 11.4 Å². The number of aromatic nitrogens is 6. The van der Waals surface area contributed by atoms with Crippen molar-refractivity contribution in [1.29, 1.82) is 0 Å². The molecule has 7 nitrogen and oxygen atoms in total. The van der Waals surface area contributed by atoms with Gasteiger partial charge in [-0.3, -0.25) is 0 Å². The first-order chi connectivity index (χ1) is 11.2. The van der Waals surface area contributed by atoms with Crippen molar-refractivity contribution in [3.05, 3.63) is 41.0 Å². The van der Waals surface area contributed by atoms with Crippen molar-refractivity contribution in [1.82, 2.24) is 30.3 Å². The quantitative estimate of drug-likeness (QED) is 0.688. The molecular weight excluding hydrogens is 316 g/mol. The third-order valence-electron chi connectivity index (χ3n) is 3.47. The van der Waals surface area contributed by atoms with Gasteiger partial charge in [-0.15, -0.1) is 10.2 Å². The zero-order valence-electron chi connectivity index (χ0n) is 13.0. The highest BCUT2D eigenvalue weighted by Gasteiger charge is 2.19. The molecular formula is C15H17ClN6O. The minimum Gasteiger partial charge on any atom is -0.337 e. The van der Waals surface area contributed by atoms with Crippen LogP contribution in [-0.4, -0.2) is 30.3 Å². The van der Waals surface area contributed by atoms with Crippen LogP contribution >= 0.6 is 11.6 Å². The van der Waals surface area contributed by atoms with Crippen molar-refractivity contribution in [3.63, 3.8) is 0 Å². The molecule has 0 bridgehead atoms. The summed E-state index contributed by atoms with van der Waals surface area (Å²) in [5.41, 5.74) is 0.849. The van der Waals surface area contributed by atoms with Gasteiger partial charge in [-0.25, -0.2) is 0 Å². The van der Waals surface area contributed by atoms with E-state index in [1.54, 1.807) is 12.1 Å². The lowest BCUT2D eigenvalue weighted by molar-refractivity contribution is 0.318. The fraction of sp³-hybridized carbons (Fsp3) is 0.400. The van der Waals surface area contributed by atoms with Crippen molar-refractivity contribution in [2.75, 3.05) is 0 Å². The van der Waals surface area contributed by atoms with E-state index in [-0.39, 0.29) is 6.04 Å². The van der Waals surface area contributed by atoms with Gasteiger partial charge in [0.15, 0.2) is 5.82 Å². The number of tetrazole rings is 1.